The van der Waals surface area contributed by atoms with Crippen molar-refractivity contribution < 1.29 is 32.9 Å². The highest BCUT2D eigenvalue weighted by molar-refractivity contribution is 5.78. The van der Waals surface area contributed by atoms with Crippen LogP contribution in [-0.4, -0.2) is 21.8 Å². The topological polar surface area (TPSA) is 66.8 Å². The summed E-state index contributed by atoms with van der Waals surface area (Å²) in [4.78, 5) is 11.6. The van der Waals surface area contributed by atoms with E-state index in [0.29, 0.717) is 5.56 Å². The zero-order chi connectivity index (χ0) is 18.0. The van der Waals surface area contributed by atoms with Gasteiger partial charge in [-0.05, 0) is 48.9 Å². The molecular weight excluding hydrogens is 325 g/mol. The second-order valence-corrected chi connectivity index (χ2v) is 5.50. The lowest BCUT2D eigenvalue weighted by molar-refractivity contribution is -0.153. The van der Waals surface area contributed by atoms with Gasteiger partial charge in [-0.25, -0.2) is 4.79 Å². The molecule has 0 aliphatic rings. The highest BCUT2D eigenvalue weighted by Crippen LogP contribution is 2.31. The van der Waals surface area contributed by atoms with E-state index in [9.17, 15) is 28.2 Å². The first-order valence-electron chi connectivity index (χ1n) is 6.98. The largest absolute Gasteiger partial charge is 0.508 e. The van der Waals surface area contributed by atoms with Crippen LogP contribution in [0.2, 0.25) is 0 Å². The van der Waals surface area contributed by atoms with Gasteiger partial charge in [0.25, 0.3) is 0 Å². The lowest BCUT2D eigenvalue weighted by atomic mass is 9.96. The Morgan fingerprint density at radius 3 is 2.04 bits per heavy atom. The van der Waals surface area contributed by atoms with Crippen LogP contribution in [0.15, 0.2) is 48.5 Å². The lowest BCUT2D eigenvalue weighted by Gasteiger charge is -2.26. The van der Waals surface area contributed by atoms with Crippen molar-refractivity contribution in [2.45, 2.75) is 25.1 Å². The highest BCUT2D eigenvalue weighted by atomic mass is 19.4. The van der Waals surface area contributed by atoms with Crippen LogP contribution in [0, 0.1) is 0 Å². The summed E-state index contributed by atoms with van der Waals surface area (Å²) in [5, 5.41) is 18.7. The van der Waals surface area contributed by atoms with Crippen LogP contribution >= 0.6 is 0 Å². The monoisotopic (exact) mass is 340 g/mol. The number of carboxylic acid groups (broad SMARTS) is 1. The van der Waals surface area contributed by atoms with E-state index in [2.05, 4.69) is 0 Å². The Labute approximate surface area is 136 Å². The van der Waals surface area contributed by atoms with Gasteiger partial charge in [-0.3, -0.25) is 0 Å². The van der Waals surface area contributed by atoms with Crippen LogP contribution in [0.5, 0.6) is 11.5 Å². The van der Waals surface area contributed by atoms with Gasteiger partial charge in [-0.1, -0.05) is 12.1 Å². The van der Waals surface area contributed by atoms with Crippen LogP contribution in [0.4, 0.5) is 13.2 Å². The van der Waals surface area contributed by atoms with Crippen LogP contribution in [0.1, 0.15) is 18.1 Å². The standard InChI is InChI=1S/C17H15F3O4/c1-16(15(22)23,10-11-2-6-13(21)7-3-11)24-14-8-4-12(5-9-14)17(18,19)20/h2-9,21H,10H2,1H3,(H,22,23). The Balaban J connectivity index is 2.21. The van der Waals surface area contributed by atoms with Crippen molar-refractivity contribution in [3.8, 4) is 11.5 Å². The van der Waals surface area contributed by atoms with Crippen molar-refractivity contribution in [3.63, 3.8) is 0 Å². The maximum atomic E-state index is 12.6. The zero-order valence-electron chi connectivity index (χ0n) is 12.7. The SMILES string of the molecule is CC(Cc1ccc(O)cc1)(Oc1ccc(C(F)(F)F)cc1)C(=O)O. The molecule has 1 atom stereocenters. The fourth-order valence-electron chi connectivity index (χ4n) is 2.13. The fraction of sp³-hybridized carbons (Fsp3) is 0.235. The van der Waals surface area contributed by atoms with E-state index < -0.39 is 23.3 Å². The summed E-state index contributed by atoms with van der Waals surface area (Å²) >= 11 is 0. The molecule has 0 heterocycles. The average molecular weight is 340 g/mol. The third-order valence-electron chi connectivity index (χ3n) is 3.45. The first-order valence-corrected chi connectivity index (χ1v) is 6.98. The number of aromatic hydroxyl groups is 1. The lowest BCUT2D eigenvalue weighted by Crippen LogP contribution is -2.43. The molecule has 0 saturated carbocycles. The molecule has 24 heavy (non-hydrogen) atoms. The van der Waals surface area contributed by atoms with E-state index in [4.69, 9.17) is 4.74 Å². The molecule has 0 aromatic heterocycles. The Morgan fingerprint density at radius 1 is 1.04 bits per heavy atom. The average Bonchev–Trinajstić information content (AvgIpc) is 2.49. The van der Waals surface area contributed by atoms with Crippen molar-refractivity contribution in [3.05, 3.63) is 59.7 Å². The molecule has 1 unspecified atom stereocenters. The molecule has 128 valence electrons. The molecule has 0 spiro atoms. The number of ether oxygens (including phenoxy) is 1. The van der Waals surface area contributed by atoms with Crippen molar-refractivity contribution >= 4 is 5.97 Å². The maximum absolute atomic E-state index is 12.6. The van der Waals surface area contributed by atoms with E-state index in [1.165, 1.54) is 19.1 Å². The molecule has 0 radical (unpaired) electrons. The van der Waals surface area contributed by atoms with E-state index in [-0.39, 0.29) is 17.9 Å². The van der Waals surface area contributed by atoms with Crippen LogP contribution < -0.4 is 4.74 Å². The zero-order valence-corrected chi connectivity index (χ0v) is 12.7. The first kappa shape index (κ1) is 17.7. The summed E-state index contributed by atoms with van der Waals surface area (Å²) in [5.74, 6) is -1.19. The molecule has 2 aromatic rings. The third kappa shape index (κ3) is 4.18. The van der Waals surface area contributed by atoms with Crippen molar-refractivity contribution in [1.82, 2.24) is 0 Å². The van der Waals surface area contributed by atoms with Crippen molar-refractivity contribution in [2.75, 3.05) is 0 Å². The van der Waals surface area contributed by atoms with E-state index >= 15 is 0 Å². The molecule has 0 amide bonds. The van der Waals surface area contributed by atoms with Gasteiger partial charge < -0.3 is 14.9 Å². The Bertz CT molecular complexity index is 708. The second kappa shape index (κ2) is 6.43. The predicted molar refractivity (Wildman–Crippen MR) is 79.9 cm³/mol. The Morgan fingerprint density at radius 2 is 1.58 bits per heavy atom. The summed E-state index contributed by atoms with van der Waals surface area (Å²) < 4.78 is 43.1. The number of alkyl halides is 3. The number of carbonyl (C=O) groups is 1. The molecule has 0 bridgehead atoms. The van der Waals surface area contributed by atoms with Gasteiger partial charge >= 0.3 is 12.1 Å². The summed E-state index contributed by atoms with van der Waals surface area (Å²) in [5.41, 5.74) is -1.91. The van der Waals surface area contributed by atoms with Crippen LogP contribution in [0.25, 0.3) is 0 Å². The van der Waals surface area contributed by atoms with Crippen LogP contribution in [-0.2, 0) is 17.4 Å². The van der Waals surface area contributed by atoms with Gasteiger partial charge in [0.05, 0.1) is 5.56 Å². The number of hydrogen-bond donors (Lipinski definition) is 2. The minimum Gasteiger partial charge on any atom is -0.508 e. The van der Waals surface area contributed by atoms with E-state index in [1.54, 1.807) is 12.1 Å². The summed E-state index contributed by atoms with van der Waals surface area (Å²) in [6, 6.07) is 9.75. The summed E-state index contributed by atoms with van der Waals surface area (Å²) in [6.45, 7) is 1.33. The quantitative estimate of drug-likeness (QED) is 0.867. The molecule has 2 N–H and O–H groups in total. The third-order valence-corrected chi connectivity index (χ3v) is 3.45. The normalized spacial score (nSPS) is 14.0. The fourth-order valence-corrected chi connectivity index (χ4v) is 2.13. The molecule has 0 aliphatic heterocycles. The summed E-state index contributed by atoms with van der Waals surface area (Å²) in [7, 11) is 0. The smallest absolute Gasteiger partial charge is 0.416 e. The highest BCUT2D eigenvalue weighted by Gasteiger charge is 2.36. The van der Waals surface area contributed by atoms with Gasteiger partial charge in [0, 0.05) is 6.42 Å². The van der Waals surface area contributed by atoms with Crippen LogP contribution in [0.3, 0.4) is 0 Å². The first-order chi connectivity index (χ1) is 11.1. The maximum Gasteiger partial charge on any atom is 0.416 e. The number of rotatable bonds is 5. The van der Waals surface area contributed by atoms with Gasteiger partial charge in [0.15, 0.2) is 0 Å². The molecule has 0 aliphatic carbocycles. The Kier molecular flexibility index (Phi) is 4.73. The number of carboxylic acids is 1. The molecule has 2 rings (SSSR count). The molecule has 0 saturated heterocycles. The Hall–Kier alpha value is -2.70. The number of aliphatic carboxylic acids is 1. The molecule has 4 nitrogen and oxygen atoms in total. The van der Waals surface area contributed by atoms with Gasteiger partial charge in [0.2, 0.25) is 5.60 Å². The molecule has 7 heteroatoms. The van der Waals surface area contributed by atoms with E-state index in [1.807, 2.05) is 0 Å². The summed E-state index contributed by atoms with van der Waals surface area (Å²) in [6.07, 6.45) is -4.50. The van der Waals surface area contributed by atoms with Gasteiger partial charge in [-0.15, -0.1) is 0 Å². The number of hydrogen-bond acceptors (Lipinski definition) is 3. The van der Waals surface area contributed by atoms with Gasteiger partial charge in [0.1, 0.15) is 11.5 Å². The second-order valence-electron chi connectivity index (χ2n) is 5.50. The molecular formula is C17H15F3O4. The predicted octanol–water partition coefficient (Wildman–Crippen LogP) is 3.88. The van der Waals surface area contributed by atoms with E-state index in [0.717, 1.165) is 24.3 Å². The molecule has 2 aromatic carbocycles. The van der Waals surface area contributed by atoms with Crippen molar-refractivity contribution in [2.24, 2.45) is 0 Å². The number of benzene rings is 2. The number of halogens is 3. The number of phenolic OH excluding ortho intramolecular Hbond substituents is 1. The minimum atomic E-state index is -4.47. The van der Waals surface area contributed by atoms with Crippen molar-refractivity contribution in [1.29, 1.82) is 0 Å². The number of phenols is 1. The minimum absolute atomic E-state index is 0.0201. The van der Waals surface area contributed by atoms with Gasteiger partial charge in [-0.2, -0.15) is 13.2 Å². The molecule has 0 fully saturated rings.